The van der Waals surface area contributed by atoms with Crippen LogP contribution >= 0.6 is 22.9 Å². The van der Waals surface area contributed by atoms with Gasteiger partial charge in [0.25, 0.3) is 5.82 Å². The van der Waals surface area contributed by atoms with Crippen molar-refractivity contribution in [3.8, 4) is 22.1 Å². The number of hydrogen-bond acceptors (Lipinski definition) is 5. The number of nitrogens with zero attached hydrogens (tertiary/aromatic N) is 3. The molecular weight excluding hydrogens is 401 g/mol. The van der Waals surface area contributed by atoms with Crippen molar-refractivity contribution in [3.05, 3.63) is 82.2 Å². The molecule has 0 unspecified atom stereocenters. The lowest BCUT2D eigenvalue weighted by Crippen LogP contribution is -2.11. The number of halogens is 2. The summed E-state index contributed by atoms with van der Waals surface area (Å²) in [6.07, 6.45) is 0. The Morgan fingerprint density at radius 3 is 2.79 bits per heavy atom. The fraction of sp³-hybridized carbons (Fsp3) is 0.0500. The topological polar surface area (TPSA) is 57.0 Å². The highest BCUT2D eigenvalue weighted by Crippen LogP contribution is 2.28. The quantitative estimate of drug-likeness (QED) is 0.336. The molecule has 2 aromatic carbocycles. The highest BCUT2D eigenvalue weighted by atomic mass is 35.5. The molecule has 2 aromatic heterocycles. The third kappa shape index (κ3) is 3.67. The Kier molecular flexibility index (Phi) is 4.93. The highest BCUT2D eigenvalue weighted by molar-refractivity contribution is 7.13. The lowest BCUT2D eigenvalue weighted by atomic mass is 10.2. The van der Waals surface area contributed by atoms with E-state index in [1.165, 1.54) is 28.2 Å². The fourth-order valence-corrected chi connectivity index (χ4v) is 3.44. The van der Waals surface area contributed by atoms with E-state index in [4.69, 9.17) is 16.3 Å². The number of hydrogen-bond donors (Lipinski definition) is 0. The van der Waals surface area contributed by atoms with Crippen molar-refractivity contribution in [2.45, 2.75) is 6.92 Å². The molecule has 0 aliphatic carbocycles. The van der Waals surface area contributed by atoms with E-state index in [1.54, 1.807) is 24.3 Å². The van der Waals surface area contributed by atoms with E-state index in [2.05, 4.69) is 10.1 Å². The van der Waals surface area contributed by atoms with Gasteiger partial charge >= 0.3 is 5.97 Å². The molecule has 28 heavy (non-hydrogen) atoms. The number of ether oxygens (including phenoxy) is 1. The van der Waals surface area contributed by atoms with Gasteiger partial charge in [-0.2, -0.15) is 4.98 Å². The smallest absolute Gasteiger partial charge is 0.383 e. The molecule has 0 amide bonds. The Morgan fingerprint density at radius 2 is 2.04 bits per heavy atom. The first kappa shape index (κ1) is 18.3. The summed E-state index contributed by atoms with van der Waals surface area (Å²) in [4.78, 5) is 17.7. The monoisotopic (exact) mass is 413 g/mol. The van der Waals surface area contributed by atoms with E-state index < -0.39 is 11.8 Å². The lowest BCUT2D eigenvalue weighted by molar-refractivity contribution is 0.0722. The van der Waals surface area contributed by atoms with Crippen molar-refractivity contribution in [1.29, 1.82) is 0 Å². The largest absolute Gasteiger partial charge is 0.419 e. The van der Waals surface area contributed by atoms with Crippen molar-refractivity contribution in [3.63, 3.8) is 0 Å². The molecule has 4 rings (SSSR count). The van der Waals surface area contributed by atoms with E-state index in [-0.39, 0.29) is 11.6 Å². The zero-order valence-electron chi connectivity index (χ0n) is 14.6. The minimum Gasteiger partial charge on any atom is -0.419 e. The summed E-state index contributed by atoms with van der Waals surface area (Å²) >= 11 is 7.53. The molecular formula is C20H13ClFN3O2S. The molecule has 0 saturated heterocycles. The van der Waals surface area contributed by atoms with E-state index >= 15 is 0 Å². The number of aromatic nitrogens is 3. The summed E-state index contributed by atoms with van der Waals surface area (Å²) in [5.41, 5.74) is 1.34. The molecule has 140 valence electrons. The van der Waals surface area contributed by atoms with Gasteiger partial charge in [0.1, 0.15) is 11.6 Å². The zero-order valence-corrected chi connectivity index (χ0v) is 16.2. The van der Waals surface area contributed by atoms with Crippen LogP contribution in [0.5, 0.6) is 5.75 Å². The summed E-state index contributed by atoms with van der Waals surface area (Å²) in [7, 11) is 0. The summed E-state index contributed by atoms with van der Waals surface area (Å²) in [5.74, 6) is -0.666. The van der Waals surface area contributed by atoms with E-state index in [9.17, 15) is 9.18 Å². The first-order valence-electron chi connectivity index (χ1n) is 8.26. The third-order valence-electron chi connectivity index (χ3n) is 3.87. The summed E-state index contributed by atoms with van der Waals surface area (Å²) in [5, 5.41) is 6.44. The van der Waals surface area contributed by atoms with Crippen LogP contribution in [-0.4, -0.2) is 20.7 Å². The molecule has 4 aromatic rings. The maximum Gasteiger partial charge on any atom is 0.383 e. The Balaban J connectivity index is 1.75. The number of esters is 1. The number of benzene rings is 2. The van der Waals surface area contributed by atoms with Crippen molar-refractivity contribution >= 4 is 28.9 Å². The van der Waals surface area contributed by atoms with Gasteiger partial charge in [-0.1, -0.05) is 29.8 Å². The van der Waals surface area contributed by atoms with Crippen LogP contribution in [0.1, 0.15) is 16.2 Å². The normalized spacial score (nSPS) is 10.8. The van der Waals surface area contributed by atoms with E-state index in [0.29, 0.717) is 16.5 Å². The van der Waals surface area contributed by atoms with E-state index in [1.807, 2.05) is 30.5 Å². The Morgan fingerprint density at radius 1 is 1.18 bits per heavy atom. The van der Waals surface area contributed by atoms with Crippen LogP contribution in [0.2, 0.25) is 5.02 Å². The number of rotatable bonds is 4. The molecule has 5 nitrogen and oxygen atoms in total. The minimum absolute atomic E-state index is 0.148. The summed E-state index contributed by atoms with van der Waals surface area (Å²) < 4.78 is 20.5. The van der Waals surface area contributed by atoms with Crippen molar-refractivity contribution in [2.75, 3.05) is 0 Å². The maximum absolute atomic E-state index is 13.7. The van der Waals surface area contributed by atoms with Crippen molar-refractivity contribution < 1.29 is 13.9 Å². The van der Waals surface area contributed by atoms with Gasteiger partial charge in [0.05, 0.1) is 15.6 Å². The number of aryl methyl sites for hydroxylation is 1. The van der Waals surface area contributed by atoms with Crippen LogP contribution in [0.25, 0.3) is 16.4 Å². The predicted octanol–water partition coefficient (Wildman–Crippen LogP) is 5.32. The second-order valence-corrected chi connectivity index (χ2v) is 7.31. The fourth-order valence-electron chi connectivity index (χ4n) is 2.59. The molecule has 0 spiro atoms. The standard InChI is InChI=1S/C20H13ClFN3O2S/c1-12-7-8-15(21)16(10-12)27-20(26)18-23-19(17-6-3-9-28-17)25(24-18)14-5-2-4-13(22)11-14/h2-11H,1H3. The van der Waals surface area contributed by atoms with E-state index in [0.717, 1.165) is 10.4 Å². The lowest BCUT2D eigenvalue weighted by Gasteiger charge is -2.05. The highest BCUT2D eigenvalue weighted by Gasteiger charge is 2.22. The average molecular weight is 414 g/mol. The van der Waals surface area contributed by atoms with Crippen molar-refractivity contribution in [2.24, 2.45) is 0 Å². The van der Waals surface area contributed by atoms with Crippen LogP contribution < -0.4 is 4.74 Å². The summed E-state index contributed by atoms with van der Waals surface area (Å²) in [6.45, 7) is 1.86. The molecule has 0 fully saturated rings. The zero-order chi connectivity index (χ0) is 19.7. The molecule has 0 radical (unpaired) electrons. The SMILES string of the molecule is Cc1ccc(Cl)c(OC(=O)c2nc(-c3cccs3)n(-c3cccc(F)c3)n2)c1. The molecule has 0 saturated carbocycles. The summed E-state index contributed by atoms with van der Waals surface area (Å²) in [6, 6.07) is 14.7. The Bertz CT molecular complexity index is 1160. The van der Waals surface area contributed by atoms with Crippen LogP contribution in [0.3, 0.4) is 0 Å². The van der Waals surface area contributed by atoms with Gasteiger partial charge in [0.15, 0.2) is 5.82 Å². The van der Waals surface area contributed by atoms with Gasteiger partial charge in [-0.15, -0.1) is 16.4 Å². The molecule has 0 atom stereocenters. The average Bonchev–Trinajstić information content (AvgIpc) is 3.34. The number of carbonyl (C=O) groups excluding carboxylic acids is 1. The van der Waals surface area contributed by atoms with Crippen molar-refractivity contribution in [1.82, 2.24) is 14.8 Å². The van der Waals surface area contributed by atoms with Gasteiger partial charge in [0, 0.05) is 0 Å². The Hall–Kier alpha value is -3.03. The first-order chi connectivity index (χ1) is 13.5. The maximum atomic E-state index is 13.7. The molecule has 8 heteroatoms. The number of carbonyl (C=O) groups is 1. The second kappa shape index (κ2) is 7.53. The molecule has 0 aliphatic rings. The first-order valence-corrected chi connectivity index (χ1v) is 9.52. The van der Waals surface area contributed by atoms with Crippen LogP contribution in [0.4, 0.5) is 4.39 Å². The predicted molar refractivity (Wildman–Crippen MR) is 106 cm³/mol. The van der Waals surface area contributed by atoms with Gasteiger partial charge in [0.2, 0.25) is 0 Å². The molecule has 0 N–H and O–H groups in total. The molecule has 2 heterocycles. The number of thiophene rings is 1. The minimum atomic E-state index is -0.750. The second-order valence-electron chi connectivity index (χ2n) is 5.95. The van der Waals surface area contributed by atoms with Gasteiger partial charge < -0.3 is 4.74 Å². The third-order valence-corrected chi connectivity index (χ3v) is 5.05. The van der Waals surface area contributed by atoms with Crippen LogP contribution in [0.15, 0.2) is 60.0 Å². The van der Waals surface area contributed by atoms with Gasteiger partial charge in [-0.05, 0) is 54.3 Å². The molecule has 0 aliphatic heterocycles. The van der Waals surface area contributed by atoms with Crippen LogP contribution in [-0.2, 0) is 0 Å². The van der Waals surface area contributed by atoms with Crippen LogP contribution in [0, 0.1) is 12.7 Å². The van der Waals surface area contributed by atoms with Gasteiger partial charge in [-0.3, -0.25) is 0 Å². The Labute approximate surface area is 169 Å². The molecule has 0 bridgehead atoms. The van der Waals surface area contributed by atoms with Gasteiger partial charge in [-0.25, -0.2) is 13.9 Å².